The number of ether oxygens (including phenoxy) is 2. The smallest absolute Gasteiger partial charge is 0.239 e. The second kappa shape index (κ2) is 7.88. The molecule has 2 aliphatic rings. The van der Waals surface area contributed by atoms with Gasteiger partial charge in [-0.25, -0.2) is 10.9 Å². The summed E-state index contributed by atoms with van der Waals surface area (Å²) in [5, 5.41) is 3.10. The molecule has 1 fully saturated rings. The van der Waals surface area contributed by atoms with E-state index in [1.54, 1.807) is 11.3 Å². The van der Waals surface area contributed by atoms with E-state index in [0.717, 1.165) is 29.9 Å². The number of hydrazine groups is 1. The number of carbonyl (C=O) groups is 1. The maximum absolute atomic E-state index is 12.7. The number of fused-ring (bicyclic) bond motifs is 1. The molecule has 6 nitrogen and oxygen atoms in total. The molecule has 144 valence electrons. The number of amides is 1. The Morgan fingerprint density at radius 2 is 2.00 bits per heavy atom. The van der Waals surface area contributed by atoms with E-state index in [9.17, 15) is 4.79 Å². The summed E-state index contributed by atoms with van der Waals surface area (Å²) in [5.41, 5.74) is 7.37. The Labute approximate surface area is 163 Å². The molecular weight excluding hydrogens is 362 g/mol. The number of carbonyl (C=O) groups excluding carboxylic acids is 1. The third-order valence-electron chi connectivity index (χ3n) is 4.95. The lowest BCUT2D eigenvalue weighted by Gasteiger charge is -2.18. The molecule has 1 aromatic heterocycles. The number of nitrogens with one attached hydrogen (secondary N) is 3. The first-order chi connectivity index (χ1) is 13.1. The highest BCUT2D eigenvalue weighted by atomic mass is 32.1. The van der Waals surface area contributed by atoms with Crippen LogP contribution >= 0.6 is 11.3 Å². The largest absolute Gasteiger partial charge is 0.490 e. The fourth-order valence-corrected chi connectivity index (χ4v) is 4.34. The van der Waals surface area contributed by atoms with Crippen LogP contribution in [0.4, 0.5) is 0 Å². The third kappa shape index (κ3) is 4.10. The van der Waals surface area contributed by atoms with E-state index in [4.69, 9.17) is 9.47 Å². The minimum Gasteiger partial charge on any atom is -0.490 e. The summed E-state index contributed by atoms with van der Waals surface area (Å²) >= 11 is 1.76. The molecule has 1 aromatic carbocycles. The van der Waals surface area contributed by atoms with Gasteiger partial charge in [0.1, 0.15) is 6.04 Å². The van der Waals surface area contributed by atoms with Gasteiger partial charge in [0.05, 0.1) is 25.3 Å². The molecule has 0 saturated carbocycles. The Balaban J connectivity index is 1.37. The Bertz CT molecular complexity index is 823. The van der Waals surface area contributed by atoms with E-state index in [1.807, 2.05) is 25.1 Å². The van der Waals surface area contributed by atoms with Gasteiger partial charge in [-0.05, 0) is 50.1 Å². The summed E-state index contributed by atoms with van der Waals surface area (Å²) < 4.78 is 11.4. The second-order valence-corrected chi connectivity index (χ2v) is 8.38. The van der Waals surface area contributed by atoms with Crippen molar-refractivity contribution in [2.75, 3.05) is 13.2 Å². The van der Waals surface area contributed by atoms with Crippen molar-refractivity contribution in [2.24, 2.45) is 0 Å². The van der Waals surface area contributed by atoms with Crippen molar-refractivity contribution >= 4 is 17.2 Å². The normalized spacial score (nSPS) is 22.9. The zero-order valence-electron chi connectivity index (χ0n) is 15.6. The van der Waals surface area contributed by atoms with Gasteiger partial charge in [0.15, 0.2) is 11.5 Å². The van der Waals surface area contributed by atoms with Gasteiger partial charge in [-0.15, -0.1) is 11.3 Å². The molecule has 0 aliphatic carbocycles. The van der Waals surface area contributed by atoms with Crippen LogP contribution in [-0.2, 0) is 4.79 Å². The zero-order chi connectivity index (χ0) is 18.8. The number of hydrogen-bond acceptors (Lipinski definition) is 6. The standard InChI is InChI=1S/C20H25N3O3S/c1-12-4-7-19(27-12)15-11-16(23-22-15)20(24)21-13(2)14-5-6-17-18(10-14)26-9-3-8-25-17/h4-7,10,13,15-16,22-23H,3,8-9,11H2,1-2H3,(H,21,24). The van der Waals surface area contributed by atoms with Crippen LogP contribution in [-0.4, -0.2) is 25.2 Å². The van der Waals surface area contributed by atoms with Gasteiger partial charge >= 0.3 is 0 Å². The monoisotopic (exact) mass is 387 g/mol. The average Bonchev–Trinajstić information content (AvgIpc) is 3.25. The van der Waals surface area contributed by atoms with Crippen LogP contribution in [0.1, 0.15) is 47.2 Å². The molecule has 1 amide bonds. The van der Waals surface area contributed by atoms with Gasteiger partial charge in [0.25, 0.3) is 0 Å². The van der Waals surface area contributed by atoms with E-state index in [2.05, 4.69) is 35.2 Å². The summed E-state index contributed by atoms with van der Waals surface area (Å²) in [5.74, 6) is 1.52. The maximum Gasteiger partial charge on any atom is 0.239 e. The van der Waals surface area contributed by atoms with Gasteiger partial charge in [-0.1, -0.05) is 6.07 Å². The quantitative estimate of drug-likeness (QED) is 0.752. The lowest BCUT2D eigenvalue weighted by Crippen LogP contribution is -2.43. The van der Waals surface area contributed by atoms with Crippen molar-refractivity contribution in [2.45, 2.75) is 44.8 Å². The lowest BCUT2D eigenvalue weighted by atomic mass is 10.1. The first-order valence-electron chi connectivity index (χ1n) is 9.37. The molecule has 3 unspecified atom stereocenters. The number of rotatable bonds is 4. The molecule has 2 aliphatic heterocycles. The second-order valence-electron chi connectivity index (χ2n) is 7.06. The van der Waals surface area contributed by atoms with E-state index in [-0.39, 0.29) is 24.0 Å². The number of benzene rings is 1. The molecule has 4 rings (SSSR count). The van der Waals surface area contributed by atoms with Crippen LogP contribution in [0, 0.1) is 6.92 Å². The molecule has 0 radical (unpaired) electrons. The highest BCUT2D eigenvalue weighted by Crippen LogP contribution is 2.32. The molecule has 27 heavy (non-hydrogen) atoms. The molecule has 3 N–H and O–H groups in total. The topological polar surface area (TPSA) is 71.6 Å². The molecule has 3 atom stereocenters. The summed E-state index contributed by atoms with van der Waals surface area (Å²) in [6, 6.07) is 9.91. The Kier molecular flexibility index (Phi) is 5.33. The van der Waals surface area contributed by atoms with Crippen molar-refractivity contribution < 1.29 is 14.3 Å². The minimum absolute atomic E-state index is 0.00195. The first-order valence-corrected chi connectivity index (χ1v) is 10.2. The molecule has 2 aromatic rings. The Morgan fingerprint density at radius 3 is 2.78 bits per heavy atom. The molecule has 7 heteroatoms. The summed E-state index contributed by atoms with van der Waals surface area (Å²) in [4.78, 5) is 15.2. The molecule has 0 spiro atoms. The van der Waals surface area contributed by atoms with Gasteiger partial charge in [0, 0.05) is 16.2 Å². The Morgan fingerprint density at radius 1 is 1.19 bits per heavy atom. The Hall–Kier alpha value is -2.09. The van der Waals surface area contributed by atoms with Crippen molar-refractivity contribution in [3.63, 3.8) is 0 Å². The van der Waals surface area contributed by atoms with Crippen molar-refractivity contribution in [3.8, 4) is 11.5 Å². The molecule has 3 heterocycles. The van der Waals surface area contributed by atoms with E-state index >= 15 is 0 Å². The summed E-state index contributed by atoms with van der Waals surface area (Å²) in [7, 11) is 0. The highest BCUT2D eigenvalue weighted by Gasteiger charge is 2.31. The summed E-state index contributed by atoms with van der Waals surface area (Å²) in [6.07, 6.45) is 1.61. The number of thiophene rings is 1. The average molecular weight is 388 g/mol. The first kappa shape index (κ1) is 18.3. The predicted molar refractivity (Wildman–Crippen MR) is 105 cm³/mol. The van der Waals surface area contributed by atoms with Crippen molar-refractivity contribution in [1.29, 1.82) is 0 Å². The van der Waals surface area contributed by atoms with E-state index in [0.29, 0.717) is 13.2 Å². The third-order valence-corrected chi connectivity index (χ3v) is 6.07. The highest BCUT2D eigenvalue weighted by molar-refractivity contribution is 7.12. The van der Waals surface area contributed by atoms with Crippen LogP contribution in [0.5, 0.6) is 11.5 Å². The lowest BCUT2D eigenvalue weighted by molar-refractivity contribution is -0.123. The van der Waals surface area contributed by atoms with Crippen LogP contribution < -0.4 is 25.6 Å². The van der Waals surface area contributed by atoms with E-state index < -0.39 is 0 Å². The van der Waals surface area contributed by atoms with Crippen LogP contribution in [0.25, 0.3) is 0 Å². The van der Waals surface area contributed by atoms with Gasteiger partial charge < -0.3 is 14.8 Å². The minimum atomic E-state index is -0.250. The fourth-order valence-electron chi connectivity index (χ4n) is 3.40. The van der Waals surface area contributed by atoms with Crippen molar-refractivity contribution in [3.05, 3.63) is 45.6 Å². The SMILES string of the molecule is Cc1ccc(C2CC(C(=O)NC(C)c3ccc4c(c3)OCCCO4)NN2)s1. The van der Waals surface area contributed by atoms with Crippen molar-refractivity contribution in [1.82, 2.24) is 16.2 Å². The maximum atomic E-state index is 12.7. The zero-order valence-corrected chi connectivity index (χ0v) is 16.4. The van der Waals surface area contributed by atoms with Crippen LogP contribution in [0.3, 0.4) is 0 Å². The van der Waals surface area contributed by atoms with E-state index in [1.165, 1.54) is 9.75 Å². The van der Waals surface area contributed by atoms with Gasteiger partial charge in [0.2, 0.25) is 5.91 Å². The molecule has 1 saturated heterocycles. The van der Waals surface area contributed by atoms with Gasteiger partial charge in [-0.3, -0.25) is 4.79 Å². The fraction of sp³-hybridized carbons (Fsp3) is 0.450. The van der Waals surface area contributed by atoms with Crippen LogP contribution in [0.2, 0.25) is 0 Å². The molecular formula is C20H25N3O3S. The van der Waals surface area contributed by atoms with Gasteiger partial charge in [-0.2, -0.15) is 0 Å². The van der Waals surface area contributed by atoms with Crippen LogP contribution in [0.15, 0.2) is 30.3 Å². The molecule has 0 bridgehead atoms. The number of aryl methyl sites for hydroxylation is 1. The summed E-state index contributed by atoms with van der Waals surface area (Å²) in [6.45, 7) is 5.40. The predicted octanol–water partition coefficient (Wildman–Crippen LogP) is 3.00. The number of hydrogen-bond donors (Lipinski definition) is 3.